The van der Waals surface area contributed by atoms with Crippen LogP contribution in [0.4, 0.5) is 10.2 Å². The van der Waals surface area contributed by atoms with E-state index in [1.165, 1.54) is 23.3 Å². The summed E-state index contributed by atoms with van der Waals surface area (Å²) in [6.07, 6.45) is -2.22. The Morgan fingerprint density at radius 3 is 2.76 bits per heavy atom. The predicted molar refractivity (Wildman–Crippen MR) is 112 cm³/mol. The summed E-state index contributed by atoms with van der Waals surface area (Å²) >= 11 is 0. The molecule has 1 aliphatic heterocycles. The minimum atomic E-state index is -3.88. The number of aliphatic hydroxyl groups is 2. The van der Waals surface area contributed by atoms with E-state index in [-0.39, 0.29) is 5.82 Å². The molecule has 0 saturated carbocycles. The van der Waals surface area contributed by atoms with Crippen LogP contribution in [0.5, 0.6) is 0 Å². The lowest BCUT2D eigenvalue weighted by atomic mass is 10.1. The molecular weight excluding hydrogens is 460 g/mol. The van der Waals surface area contributed by atoms with Gasteiger partial charge < -0.3 is 25.2 Å². The van der Waals surface area contributed by atoms with Crippen LogP contribution in [0.3, 0.4) is 0 Å². The Bertz CT molecular complexity index is 1170. The number of nitrogens with one attached hydrogen (secondary N) is 1. The zero-order valence-electron chi connectivity index (χ0n) is 17.6. The first-order valence-electron chi connectivity index (χ1n) is 9.97. The van der Waals surface area contributed by atoms with E-state index in [1.807, 2.05) is 0 Å². The summed E-state index contributed by atoms with van der Waals surface area (Å²) in [5.74, 6) is -0.0138. The normalized spacial score (nSPS) is 25.8. The van der Waals surface area contributed by atoms with Gasteiger partial charge in [0, 0.05) is 12.2 Å². The van der Waals surface area contributed by atoms with Gasteiger partial charge in [-0.25, -0.2) is 24.2 Å². The minimum Gasteiger partial charge on any atom is -0.387 e. The Balaban J connectivity index is 1.54. The lowest BCUT2D eigenvalue weighted by Gasteiger charge is -2.17. The number of rotatable bonds is 8. The van der Waals surface area contributed by atoms with Crippen LogP contribution in [0.2, 0.25) is 0 Å². The van der Waals surface area contributed by atoms with E-state index in [0.717, 1.165) is 6.66 Å². The zero-order valence-corrected chi connectivity index (χ0v) is 18.5. The molecule has 3 heterocycles. The first kappa shape index (κ1) is 23.6. The maximum Gasteiger partial charge on any atom is 0.352 e. The highest BCUT2D eigenvalue weighted by atomic mass is 31.2. The number of anilines is 1. The molecule has 1 aromatic carbocycles. The molecule has 0 bridgehead atoms. The van der Waals surface area contributed by atoms with Gasteiger partial charge in [-0.2, -0.15) is 0 Å². The van der Waals surface area contributed by atoms with E-state index < -0.39 is 44.8 Å². The van der Waals surface area contributed by atoms with Crippen molar-refractivity contribution in [2.45, 2.75) is 37.5 Å². The van der Waals surface area contributed by atoms with Gasteiger partial charge in [-0.1, -0.05) is 18.2 Å². The van der Waals surface area contributed by atoms with Crippen molar-refractivity contribution in [1.29, 1.82) is 0 Å². The molecule has 33 heavy (non-hydrogen) atoms. The molecule has 0 aliphatic carbocycles. The van der Waals surface area contributed by atoms with Crippen molar-refractivity contribution in [3.05, 3.63) is 48.3 Å². The second kappa shape index (κ2) is 9.39. The zero-order chi connectivity index (χ0) is 23.8. The van der Waals surface area contributed by atoms with Crippen molar-refractivity contribution in [2.75, 3.05) is 18.6 Å². The summed E-state index contributed by atoms with van der Waals surface area (Å²) in [5.41, 5.74) is 1.10. The van der Waals surface area contributed by atoms with Gasteiger partial charge in [0.1, 0.15) is 37.1 Å². The Kier molecular flexibility index (Phi) is 6.73. The van der Waals surface area contributed by atoms with Crippen molar-refractivity contribution in [2.24, 2.45) is 0 Å². The fourth-order valence-electron chi connectivity index (χ4n) is 3.54. The second-order valence-electron chi connectivity index (χ2n) is 7.64. The molecule has 4 rings (SSSR count). The summed E-state index contributed by atoms with van der Waals surface area (Å²) in [5, 5.41) is 23.9. The molecule has 12 nitrogen and oxygen atoms in total. The molecule has 4 N–H and O–H groups in total. The standard InChI is InChI=1S/C19H23FN5O7P/c1-10(11-5-3-4-6-12(11)20)24-17-14-18(22-8-21-17)25(9-23-14)19-16(27)15(26)13(31-19)7-30-32-33(2,28)29/h3-6,8-10,13,15-16,19,26-27H,7H2,1-2H3,(H,28,29)(H,21,22,24)/t10?,13-,15-,16-,19-/m1/s1. The van der Waals surface area contributed by atoms with Gasteiger partial charge in [0.15, 0.2) is 23.2 Å². The van der Waals surface area contributed by atoms with E-state index in [2.05, 4.69) is 29.8 Å². The number of ether oxygens (including phenoxy) is 1. The molecule has 2 unspecified atom stereocenters. The number of aliphatic hydroxyl groups excluding tert-OH is 2. The van der Waals surface area contributed by atoms with E-state index in [4.69, 9.17) is 9.63 Å². The average molecular weight is 483 g/mol. The molecule has 0 amide bonds. The number of benzene rings is 1. The molecular formula is C19H23FN5O7P. The van der Waals surface area contributed by atoms with E-state index >= 15 is 0 Å². The van der Waals surface area contributed by atoms with Crippen LogP contribution in [-0.2, 0) is 18.9 Å². The monoisotopic (exact) mass is 483 g/mol. The van der Waals surface area contributed by atoms with Gasteiger partial charge in [0.05, 0.1) is 12.4 Å². The highest BCUT2D eigenvalue weighted by molar-refractivity contribution is 7.51. The van der Waals surface area contributed by atoms with Crippen molar-refractivity contribution in [3.8, 4) is 0 Å². The topological polar surface area (TPSA) is 161 Å². The summed E-state index contributed by atoms with van der Waals surface area (Å²) < 4.78 is 36.7. The molecule has 14 heteroatoms. The lowest BCUT2D eigenvalue weighted by Crippen LogP contribution is -2.33. The Morgan fingerprint density at radius 2 is 2.03 bits per heavy atom. The Hall–Kier alpha value is -2.51. The number of halogens is 1. The highest BCUT2D eigenvalue weighted by Crippen LogP contribution is 2.38. The largest absolute Gasteiger partial charge is 0.387 e. The van der Waals surface area contributed by atoms with Gasteiger partial charge in [-0.05, 0) is 13.0 Å². The van der Waals surface area contributed by atoms with Crippen molar-refractivity contribution in [3.63, 3.8) is 0 Å². The fourth-order valence-corrected chi connectivity index (χ4v) is 3.80. The molecule has 0 radical (unpaired) electrons. The molecule has 178 valence electrons. The Morgan fingerprint density at radius 1 is 1.27 bits per heavy atom. The van der Waals surface area contributed by atoms with Crippen LogP contribution in [-0.4, -0.2) is 66.2 Å². The van der Waals surface area contributed by atoms with E-state index in [9.17, 15) is 19.2 Å². The number of hydrogen-bond acceptors (Lipinski definition) is 10. The molecule has 3 aromatic rings. The van der Waals surface area contributed by atoms with Gasteiger partial charge in [-0.15, -0.1) is 4.67 Å². The number of aromatic nitrogens is 4. The van der Waals surface area contributed by atoms with Gasteiger partial charge in [0.25, 0.3) is 0 Å². The average Bonchev–Trinajstić information content (AvgIpc) is 3.30. The van der Waals surface area contributed by atoms with E-state index in [0.29, 0.717) is 22.5 Å². The number of imidazole rings is 1. The SMILES string of the molecule is CC(Nc1ncnc2c1ncn2[C@@H]1O[C@H](COOP(C)(=O)O)[C@@H](O)[C@H]1O)c1ccccc1F. The van der Waals surface area contributed by atoms with Crippen molar-refractivity contribution >= 4 is 24.6 Å². The molecule has 2 aromatic heterocycles. The van der Waals surface area contributed by atoms with Crippen LogP contribution in [0.25, 0.3) is 11.2 Å². The lowest BCUT2D eigenvalue weighted by molar-refractivity contribution is -0.238. The predicted octanol–water partition coefficient (Wildman–Crippen LogP) is 1.52. The third-order valence-corrected chi connectivity index (χ3v) is 5.50. The van der Waals surface area contributed by atoms with Crippen LogP contribution in [0.1, 0.15) is 24.8 Å². The van der Waals surface area contributed by atoms with Gasteiger partial charge in [0.2, 0.25) is 0 Å². The first-order chi connectivity index (χ1) is 15.7. The Labute approximate surface area is 187 Å². The summed E-state index contributed by atoms with van der Waals surface area (Å²) in [6, 6.07) is 5.94. The minimum absolute atomic E-state index is 0.302. The maximum absolute atomic E-state index is 14.1. The van der Waals surface area contributed by atoms with Crippen LogP contribution in [0, 0.1) is 5.82 Å². The number of nitrogens with zero attached hydrogens (tertiary/aromatic N) is 4. The number of fused-ring (bicyclic) bond motifs is 1. The van der Waals surface area contributed by atoms with Gasteiger partial charge >= 0.3 is 7.60 Å². The molecule has 1 aliphatic rings. The van der Waals surface area contributed by atoms with Crippen LogP contribution >= 0.6 is 7.60 Å². The maximum atomic E-state index is 14.1. The molecule has 1 saturated heterocycles. The molecule has 1 fully saturated rings. The van der Waals surface area contributed by atoms with Crippen LogP contribution in [0.15, 0.2) is 36.9 Å². The first-order valence-corrected chi connectivity index (χ1v) is 12.0. The number of hydrogen-bond donors (Lipinski definition) is 4. The third-order valence-electron chi connectivity index (χ3n) is 5.12. The third kappa shape index (κ3) is 5.04. The highest BCUT2D eigenvalue weighted by Gasteiger charge is 2.45. The van der Waals surface area contributed by atoms with Crippen molar-refractivity contribution < 1.29 is 38.4 Å². The summed E-state index contributed by atoms with van der Waals surface area (Å²) in [7, 11) is -3.88. The summed E-state index contributed by atoms with van der Waals surface area (Å²) in [4.78, 5) is 26.5. The molecule has 6 atom stereocenters. The van der Waals surface area contributed by atoms with E-state index in [1.54, 1.807) is 25.1 Å². The second-order valence-corrected chi connectivity index (χ2v) is 9.40. The van der Waals surface area contributed by atoms with Crippen LogP contribution < -0.4 is 5.32 Å². The fraction of sp³-hybridized carbons (Fsp3) is 0.421. The van der Waals surface area contributed by atoms with Gasteiger partial charge in [-0.3, -0.25) is 9.13 Å². The smallest absolute Gasteiger partial charge is 0.352 e. The van der Waals surface area contributed by atoms with Crippen molar-refractivity contribution in [1.82, 2.24) is 19.5 Å². The quantitative estimate of drug-likeness (QED) is 0.209. The summed E-state index contributed by atoms with van der Waals surface area (Å²) in [6.45, 7) is 2.31. The molecule has 0 spiro atoms.